The molecule has 1 aromatic carbocycles. The van der Waals surface area contributed by atoms with Gasteiger partial charge in [0.2, 0.25) is 0 Å². The minimum absolute atomic E-state index is 0.0798. The van der Waals surface area contributed by atoms with Crippen LogP contribution in [0.15, 0.2) is 29.6 Å². The fourth-order valence-corrected chi connectivity index (χ4v) is 5.06. The van der Waals surface area contributed by atoms with E-state index in [1.807, 2.05) is 17.2 Å². The molecule has 0 spiro atoms. The molecule has 30 heavy (non-hydrogen) atoms. The van der Waals surface area contributed by atoms with Crippen LogP contribution in [-0.2, 0) is 24.0 Å². The first-order chi connectivity index (χ1) is 14.2. The van der Waals surface area contributed by atoms with Gasteiger partial charge in [0.25, 0.3) is 0 Å². The van der Waals surface area contributed by atoms with Crippen LogP contribution in [0.4, 0.5) is 18.9 Å². The highest BCUT2D eigenvalue weighted by Gasteiger charge is 2.34. The number of aryl methyl sites for hydroxylation is 1. The van der Waals surface area contributed by atoms with Crippen molar-refractivity contribution in [1.29, 1.82) is 0 Å². The number of hydrogen-bond acceptors (Lipinski definition) is 7. The molecular weight excluding hydrogens is 435 g/mol. The molecular formula is C20H18F3N3O2S2. The van der Waals surface area contributed by atoms with Crippen LogP contribution < -0.4 is 4.90 Å². The third-order valence-corrected chi connectivity index (χ3v) is 7.00. The standard InChI is InChI=1S/C20H18F3N3O2S2/c1-11-19(30-18(9-27)24-11)15-10-29-17(25-15)6-16(28)12-7-26(8-12)14-4-2-13(3-5-14)20(21,22)23/h2-5,10,12,27H,6-9H2,1H3. The van der Waals surface area contributed by atoms with Crippen LogP contribution in [0.2, 0.25) is 0 Å². The Labute approximate surface area is 178 Å². The summed E-state index contributed by atoms with van der Waals surface area (Å²) in [6, 6.07) is 5.00. The molecule has 0 bridgehead atoms. The molecule has 4 rings (SSSR count). The van der Waals surface area contributed by atoms with Gasteiger partial charge < -0.3 is 10.0 Å². The highest BCUT2D eigenvalue weighted by atomic mass is 32.1. The lowest BCUT2D eigenvalue weighted by Crippen LogP contribution is -2.50. The molecule has 0 radical (unpaired) electrons. The van der Waals surface area contributed by atoms with Crippen molar-refractivity contribution in [3.63, 3.8) is 0 Å². The second kappa shape index (κ2) is 8.09. The van der Waals surface area contributed by atoms with Gasteiger partial charge in [-0.25, -0.2) is 9.97 Å². The summed E-state index contributed by atoms with van der Waals surface area (Å²) >= 11 is 2.80. The Hall–Kier alpha value is -2.30. The van der Waals surface area contributed by atoms with Gasteiger partial charge in [0, 0.05) is 24.2 Å². The number of aromatic nitrogens is 2. The zero-order chi connectivity index (χ0) is 21.5. The fourth-order valence-electron chi connectivity index (χ4n) is 3.30. The van der Waals surface area contributed by atoms with E-state index in [0.29, 0.717) is 23.8 Å². The Morgan fingerprint density at radius 3 is 2.50 bits per heavy atom. The number of halogens is 3. The minimum Gasteiger partial charge on any atom is -0.389 e. The summed E-state index contributed by atoms with van der Waals surface area (Å²) in [5.41, 5.74) is 1.57. The predicted molar refractivity (Wildman–Crippen MR) is 110 cm³/mol. The number of rotatable bonds is 6. The predicted octanol–water partition coefficient (Wildman–Crippen LogP) is 4.33. The molecule has 5 nitrogen and oxygen atoms in total. The lowest BCUT2D eigenvalue weighted by Gasteiger charge is -2.40. The molecule has 3 heterocycles. The van der Waals surface area contributed by atoms with Crippen LogP contribution >= 0.6 is 22.7 Å². The van der Waals surface area contributed by atoms with E-state index in [1.54, 1.807) is 0 Å². The van der Waals surface area contributed by atoms with E-state index in [-0.39, 0.29) is 24.7 Å². The number of benzene rings is 1. The Kier molecular flexibility index (Phi) is 5.65. The lowest BCUT2D eigenvalue weighted by molar-refractivity contribution is -0.137. The SMILES string of the molecule is Cc1nc(CO)sc1-c1csc(CC(=O)C2CN(c3ccc(C(F)(F)F)cc3)C2)n1. The van der Waals surface area contributed by atoms with Gasteiger partial charge in [0.05, 0.1) is 40.8 Å². The normalized spacial score (nSPS) is 14.8. The molecule has 0 aliphatic carbocycles. The average Bonchev–Trinajstić information content (AvgIpc) is 3.26. The second-order valence-electron chi connectivity index (χ2n) is 7.10. The summed E-state index contributed by atoms with van der Waals surface area (Å²) in [7, 11) is 0. The minimum atomic E-state index is -4.35. The summed E-state index contributed by atoms with van der Waals surface area (Å²) in [4.78, 5) is 24.2. The number of anilines is 1. The van der Waals surface area contributed by atoms with Crippen molar-refractivity contribution in [2.24, 2.45) is 5.92 Å². The molecule has 2 aromatic heterocycles. The maximum Gasteiger partial charge on any atom is 0.416 e. The number of carbonyl (C=O) groups is 1. The zero-order valence-corrected chi connectivity index (χ0v) is 17.6. The van der Waals surface area contributed by atoms with Gasteiger partial charge in [-0.05, 0) is 31.2 Å². The largest absolute Gasteiger partial charge is 0.416 e. The summed E-state index contributed by atoms with van der Waals surface area (Å²) in [6.07, 6.45) is -4.11. The molecule has 1 aliphatic rings. The van der Waals surface area contributed by atoms with Crippen LogP contribution in [0.5, 0.6) is 0 Å². The van der Waals surface area contributed by atoms with Crippen molar-refractivity contribution in [3.05, 3.63) is 50.9 Å². The summed E-state index contributed by atoms with van der Waals surface area (Å²) in [6.45, 7) is 2.74. The second-order valence-corrected chi connectivity index (χ2v) is 9.12. The molecule has 158 valence electrons. The van der Waals surface area contributed by atoms with Gasteiger partial charge in [0.15, 0.2) is 0 Å². The van der Waals surface area contributed by atoms with Crippen LogP contribution in [-0.4, -0.2) is 33.9 Å². The fraction of sp³-hybridized carbons (Fsp3) is 0.350. The lowest BCUT2D eigenvalue weighted by atomic mass is 9.92. The van der Waals surface area contributed by atoms with Gasteiger partial charge in [-0.3, -0.25) is 4.79 Å². The molecule has 1 saturated heterocycles. The monoisotopic (exact) mass is 453 g/mol. The van der Waals surface area contributed by atoms with Crippen molar-refractivity contribution in [2.75, 3.05) is 18.0 Å². The van der Waals surface area contributed by atoms with Gasteiger partial charge >= 0.3 is 6.18 Å². The summed E-state index contributed by atoms with van der Waals surface area (Å²) in [5.74, 6) is -0.0677. The number of ketones is 1. The molecule has 10 heteroatoms. The number of nitrogens with zero attached hydrogens (tertiary/aromatic N) is 3. The number of Topliss-reactive ketones (excluding diaryl/α,β-unsaturated/α-hetero) is 1. The highest BCUT2D eigenvalue weighted by Crippen LogP contribution is 2.34. The smallest absolute Gasteiger partial charge is 0.389 e. The van der Waals surface area contributed by atoms with Crippen LogP contribution in [0.1, 0.15) is 21.3 Å². The first-order valence-electron chi connectivity index (χ1n) is 9.21. The molecule has 0 amide bonds. The quantitative estimate of drug-likeness (QED) is 0.602. The molecule has 1 aliphatic heterocycles. The van der Waals surface area contributed by atoms with Crippen LogP contribution in [0.25, 0.3) is 10.6 Å². The van der Waals surface area contributed by atoms with E-state index < -0.39 is 11.7 Å². The summed E-state index contributed by atoms with van der Waals surface area (Å²) in [5, 5.41) is 12.5. The Morgan fingerprint density at radius 1 is 1.20 bits per heavy atom. The maximum absolute atomic E-state index is 12.7. The van der Waals surface area contributed by atoms with Crippen molar-refractivity contribution < 1.29 is 23.1 Å². The van der Waals surface area contributed by atoms with Gasteiger partial charge in [-0.1, -0.05) is 0 Å². The van der Waals surface area contributed by atoms with E-state index in [0.717, 1.165) is 33.4 Å². The average molecular weight is 454 g/mol. The number of aliphatic hydroxyl groups excluding tert-OH is 1. The number of aliphatic hydroxyl groups is 1. The Bertz CT molecular complexity index is 1050. The van der Waals surface area contributed by atoms with Gasteiger partial charge in [0.1, 0.15) is 15.8 Å². The first-order valence-corrected chi connectivity index (χ1v) is 10.9. The Balaban J connectivity index is 1.34. The van der Waals surface area contributed by atoms with Crippen LogP contribution in [0, 0.1) is 12.8 Å². The number of alkyl halides is 3. The van der Waals surface area contributed by atoms with E-state index in [2.05, 4.69) is 9.97 Å². The van der Waals surface area contributed by atoms with Gasteiger partial charge in [-0.2, -0.15) is 13.2 Å². The third kappa shape index (κ3) is 4.26. The van der Waals surface area contributed by atoms with E-state index >= 15 is 0 Å². The van der Waals surface area contributed by atoms with E-state index in [1.165, 1.54) is 34.8 Å². The van der Waals surface area contributed by atoms with Crippen molar-refractivity contribution in [1.82, 2.24) is 9.97 Å². The molecule has 0 saturated carbocycles. The molecule has 3 aromatic rings. The van der Waals surface area contributed by atoms with Crippen molar-refractivity contribution in [3.8, 4) is 10.6 Å². The molecule has 0 atom stereocenters. The number of thiazole rings is 2. The highest BCUT2D eigenvalue weighted by molar-refractivity contribution is 7.16. The maximum atomic E-state index is 12.7. The van der Waals surface area contributed by atoms with E-state index in [4.69, 9.17) is 0 Å². The zero-order valence-electron chi connectivity index (χ0n) is 15.9. The molecule has 1 fully saturated rings. The van der Waals surface area contributed by atoms with Crippen LogP contribution in [0.3, 0.4) is 0 Å². The van der Waals surface area contributed by atoms with Gasteiger partial charge in [-0.15, -0.1) is 22.7 Å². The topological polar surface area (TPSA) is 66.3 Å². The van der Waals surface area contributed by atoms with Crippen molar-refractivity contribution >= 4 is 34.1 Å². The number of carbonyl (C=O) groups excluding carboxylic acids is 1. The van der Waals surface area contributed by atoms with E-state index in [9.17, 15) is 23.1 Å². The first kappa shape index (κ1) is 21.0. The van der Waals surface area contributed by atoms with Crippen molar-refractivity contribution in [2.45, 2.75) is 26.1 Å². The molecule has 1 N–H and O–H groups in total. The third-order valence-electron chi connectivity index (χ3n) is 4.98. The Morgan fingerprint density at radius 2 is 1.90 bits per heavy atom. The molecule has 0 unspecified atom stereocenters. The number of hydrogen-bond donors (Lipinski definition) is 1. The summed E-state index contributed by atoms with van der Waals surface area (Å²) < 4.78 is 38.0.